The highest BCUT2D eigenvalue weighted by Gasteiger charge is 2.21. The van der Waals surface area contributed by atoms with Crippen molar-refractivity contribution >= 4 is 71.2 Å². The van der Waals surface area contributed by atoms with Crippen LogP contribution in [0.25, 0.3) is 23.1 Å². The van der Waals surface area contributed by atoms with E-state index in [9.17, 15) is 0 Å². The van der Waals surface area contributed by atoms with Crippen LogP contribution in [0, 0.1) is 17.2 Å². The lowest BCUT2D eigenvalue weighted by Gasteiger charge is -2.29. The van der Waals surface area contributed by atoms with E-state index >= 15 is 0 Å². The number of nitrogens with one attached hydrogen (secondary N) is 3. The number of hydrogen-bond donors (Lipinski definition) is 4. The molecule has 1 aromatic heterocycles. The fourth-order valence-electron chi connectivity index (χ4n) is 4.18. The fourth-order valence-corrected chi connectivity index (χ4v) is 4.31. The Morgan fingerprint density at radius 1 is 0.941 bits per heavy atom. The van der Waals surface area contributed by atoms with Gasteiger partial charge in [-0.15, -0.1) is 24.8 Å². The summed E-state index contributed by atoms with van der Waals surface area (Å²) in [6.45, 7) is 1.70. The lowest BCUT2D eigenvalue weighted by Crippen LogP contribution is -2.36. The maximum absolute atomic E-state index is 7.32. The van der Waals surface area contributed by atoms with Crippen molar-refractivity contribution in [3.63, 3.8) is 0 Å². The zero-order valence-corrected chi connectivity index (χ0v) is 21.2. The SMILES string of the molecule is Cl.Cl.N=C(N)NCC1CCC(CNc2nc(C=Cc3ccc(Cl)cc3)nc3ccccc23)CC1. The van der Waals surface area contributed by atoms with Crippen LogP contribution in [0.5, 0.6) is 0 Å². The van der Waals surface area contributed by atoms with E-state index in [1.807, 2.05) is 54.6 Å². The number of aromatic nitrogens is 2. The fraction of sp³-hybridized carbons (Fsp3) is 0.320. The zero-order valence-electron chi connectivity index (χ0n) is 18.8. The van der Waals surface area contributed by atoms with Gasteiger partial charge in [0.15, 0.2) is 11.8 Å². The number of anilines is 1. The number of hydrogen-bond acceptors (Lipinski definition) is 4. The third kappa shape index (κ3) is 7.76. The smallest absolute Gasteiger partial charge is 0.185 e. The molecule has 1 heterocycles. The first-order valence-electron chi connectivity index (χ1n) is 11.1. The molecule has 2 aromatic carbocycles. The maximum Gasteiger partial charge on any atom is 0.185 e. The summed E-state index contributed by atoms with van der Waals surface area (Å²) >= 11 is 5.98. The molecule has 34 heavy (non-hydrogen) atoms. The van der Waals surface area contributed by atoms with Crippen molar-refractivity contribution < 1.29 is 0 Å². The highest BCUT2D eigenvalue weighted by Crippen LogP contribution is 2.29. The molecule has 0 spiro atoms. The van der Waals surface area contributed by atoms with Gasteiger partial charge in [-0.25, -0.2) is 9.97 Å². The summed E-state index contributed by atoms with van der Waals surface area (Å²) in [5.41, 5.74) is 7.39. The van der Waals surface area contributed by atoms with E-state index in [1.165, 1.54) is 12.8 Å². The van der Waals surface area contributed by atoms with Crippen LogP contribution in [-0.4, -0.2) is 29.0 Å². The standard InChI is InChI=1S/C25H29ClN6.2ClH/c26-20-12-9-17(10-13-20)11-14-23-31-22-4-2-1-3-21(22)24(32-23)29-15-18-5-7-19(8-6-18)16-30-25(27)28;;/h1-4,9-14,18-19H,5-8,15-16H2,(H4,27,28,30)(H,29,31,32);2*1H. The summed E-state index contributed by atoms with van der Waals surface area (Å²) in [6.07, 6.45) is 8.60. The first kappa shape index (κ1) is 27.7. The molecule has 0 saturated heterocycles. The second-order valence-electron chi connectivity index (χ2n) is 8.39. The van der Waals surface area contributed by atoms with Crippen molar-refractivity contribution in [2.24, 2.45) is 17.6 Å². The van der Waals surface area contributed by atoms with E-state index in [0.29, 0.717) is 17.7 Å². The monoisotopic (exact) mass is 520 g/mol. The van der Waals surface area contributed by atoms with Crippen molar-refractivity contribution in [1.29, 1.82) is 5.41 Å². The Balaban J connectivity index is 0.00000204. The topological polar surface area (TPSA) is 99.7 Å². The Hall–Kier alpha value is -2.54. The lowest BCUT2D eigenvalue weighted by atomic mass is 9.82. The van der Waals surface area contributed by atoms with Crippen molar-refractivity contribution in [3.8, 4) is 0 Å². The summed E-state index contributed by atoms with van der Waals surface area (Å²) in [5, 5.41) is 15.6. The molecule has 0 amide bonds. The van der Waals surface area contributed by atoms with E-state index in [-0.39, 0.29) is 30.8 Å². The summed E-state index contributed by atoms with van der Waals surface area (Å²) < 4.78 is 0. The van der Waals surface area contributed by atoms with Crippen LogP contribution in [0.2, 0.25) is 5.02 Å². The predicted molar refractivity (Wildman–Crippen MR) is 148 cm³/mol. The molecule has 6 nitrogen and oxygen atoms in total. The van der Waals surface area contributed by atoms with Gasteiger partial charge in [-0.2, -0.15) is 0 Å². The number of benzene rings is 2. The van der Waals surface area contributed by atoms with Crippen molar-refractivity contribution in [2.75, 3.05) is 18.4 Å². The molecule has 5 N–H and O–H groups in total. The van der Waals surface area contributed by atoms with E-state index in [4.69, 9.17) is 32.7 Å². The second-order valence-corrected chi connectivity index (χ2v) is 8.83. The van der Waals surface area contributed by atoms with Crippen molar-refractivity contribution in [3.05, 3.63) is 64.9 Å². The Morgan fingerprint density at radius 2 is 1.59 bits per heavy atom. The number of fused-ring (bicyclic) bond motifs is 1. The van der Waals surface area contributed by atoms with Gasteiger partial charge in [0.1, 0.15) is 5.82 Å². The van der Waals surface area contributed by atoms with Gasteiger partial charge in [-0.3, -0.25) is 5.41 Å². The molecule has 0 atom stereocenters. The van der Waals surface area contributed by atoms with Gasteiger partial charge in [0.2, 0.25) is 0 Å². The number of nitrogens with two attached hydrogens (primary N) is 1. The molecule has 0 aliphatic heterocycles. The molecule has 3 aromatic rings. The Morgan fingerprint density at radius 3 is 2.26 bits per heavy atom. The third-order valence-corrected chi connectivity index (χ3v) is 6.27. The van der Waals surface area contributed by atoms with Crippen LogP contribution >= 0.6 is 36.4 Å². The van der Waals surface area contributed by atoms with Gasteiger partial charge in [0.25, 0.3) is 0 Å². The first-order valence-corrected chi connectivity index (χ1v) is 11.5. The molecule has 1 fully saturated rings. The molecule has 0 radical (unpaired) electrons. The van der Waals surface area contributed by atoms with Crippen LogP contribution in [-0.2, 0) is 0 Å². The Kier molecular flexibility index (Phi) is 10.9. The van der Waals surface area contributed by atoms with Crippen LogP contribution in [0.1, 0.15) is 37.1 Å². The number of nitrogens with zero attached hydrogens (tertiary/aromatic N) is 2. The number of halogens is 3. The molecule has 9 heteroatoms. The van der Waals surface area contributed by atoms with E-state index < -0.39 is 0 Å². The molecule has 4 rings (SSSR count). The van der Waals surface area contributed by atoms with Gasteiger partial charge in [-0.1, -0.05) is 41.9 Å². The van der Waals surface area contributed by atoms with Gasteiger partial charge < -0.3 is 16.4 Å². The highest BCUT2D eigenvalue weighted by atomic mass is 35.5. The highest BCUT2D eigenvalue weighted by molar-refractivity contribution is 6.30. The molecule has 1 aliphatic rings. The van der Waals surface area contributed by atoms with Gasteiger partial charge in [0, 0.05) is 23.5 Å². The van der Waals surface area contributed by atoms with E-state index in [2.05, 4.69) is 16.7 Å². The molecule has 1 saturated carbocycles. The van der Waals surface area contributed by atoms with Crippen molar-refractivity contribution in [1.82, 2.24) is 15.3 Å². The molecule has 0 unspecified atom stereocenters. The molecule has 1 aliphatic carbocycles. The molecule has 182 valence electrons. The normalized spacial score (nSPS) is 17.6. The Bertz CT molecular complexity index is 1100. The molecular formula is C25H31Cl3N6. The number of rotatable bonds is 7. The average Bonchev–Trinajstić information content (AvgIpc) is 2.81. The minimum atomic E-state index is 0. The van der Waals surface area contributed by atoms with E-state index in [1.54, 1.807) is 0 Å². The van der Waals surface area contributed by atoms with Gasteiger partial charge >= 0.3 is 0 Å². The largest absolute Gasteiger partial charge is 0.370 e. The summed E-state index contributed by atoms with van der Waals surface area (Å²) in [7, 11) is 0. The van der Waals surface area contributed by atoms with Crippen LogP contribution in [0.3, 0.4) is 0 Å². The summed E-state index contributed by atoms with van der Waals surface area (Å²) in [4.78, 5) is 9.51. The maximum atomic E-state index is 7.32. The van der Waals surface area contributed by atoms with Crippen LogP contribution < -0.4 is 16.4 Å². The number of guanidine groups is 1. The second kappa shape index (κ2) is 13.4. The number of para-hydroxylation sites is 1. The Labute approximate surface area is 218 Å². The third-order valence-electron chi connectivity index (χ3n) is 6.02. The molecular weight excluding hydrogens is 491 g/mol. The average molecular weight is 522 g/mol. The van der Waals surface area contributed by atoms with Gasteiger partial charge in [0.05, 0.1) is 5.52 Å². The minimum Gasteiger partial charge on any atom is -0.370 e. The van der Waals surface area contributed by atoms with Crippen LogP contribution in [0.4, 0.5) is 5.82 Å². The quantitative estimate of drug-likeness (QED) is 0.226. The zero-order chi connectivity index (χ0) is 22.3. The van der Waals surface area contributed by atoms with E-state index in [0.717, 1.165) is 53.2 Å². The predicted octanol–water partition coefficient (Wildman–Crippen LogP) is 6.00. The minimum absolute atomic E-state index is 0. The molecule has 0 bridgehead atoms. The lowest BCUT2D eigenvalue weighted by molar-refractivity contribution is 0.283. The van der Waals surface area contributed by atoms with Crippen molar-refractivity contribution in [2.45, 2.75) is 25.7 Å². The van der Waals surface area contributed by atoms with Gasteiger partial charge in [-0.05, 0) is 73.4 Å². The first-order chi connectivity index (χ1) is 15.6. The summed E-state index contributed by atoms with van der Waals surface area (Å²) in [5.74, 6) is 2.84. The van der Waals surface area contributed by atoms with Crippen LogP contribution in [0.15, 0.2) is 48.5 Å². The summed E-state index contributed by atoms with van der Waals surface area (Å²) in [6, 6.07) is 15.8.